The third-order valence-corrected chi connectivity index (χ3v) is 1.47. The molecule has 0 saturated carbocycles. The number of hydrogen-bond acceptors (Lipinski definition) is 3. The SMILES string of the molecule is C=C1N/C=C\N/C=C\S1. The lowest BCUT2D eigenvalue weighted by atomic mass is 10.8. The maximum absolute atomic E-state index is 3.74. The Morgan fingerprint density at radius 3 is 3.11 bits per heavy atom. The lowest BCUT2D eigenvalue weighted by Crippen LogP contribution is -2.04. The van der Waals surface area contributed by atoms with E-state index in [0.717, 1.165) is 5.03 Å². The van der Waals surface area contributed by atoms with Crippen LogP contribution in [0.3, 0.4) is 0 Å². The number of thioether (sulfide) groups is 1. The third kappa shape index (κ3) is 2.28. The Kier molecular flexibility index (Phi) is 2.27. The zero-order valence-corrected chi connectivity index (χ0v) is 5.74. The van der Waals surface area contributed by atoms with Gasteiger partial charge in [-0.05, 0) is 5.41 Å². The first-order valence-corrected chi connectivity index (χ1v) is 3.46. The van der Waals surface area contributed by atoms with Crippen molar-refractivity contribution in [1.29, 1.82) is 0 Å². The second-order valence-electron chi connectivity index (χ2n) is 1.49. The first-order valence-electron chi connectivity index (χ1n) is 2.58. The van der Waals surface area contributed by atoms with Gasteiger partial charge in [0, 0.05) is 18.6 Å². The van der Waals surface area contributed by atoms with E-state index >= 15 is 0 Å². The second kappa shape index (κ2) is 3.25. The Bertz CT molecular complexity index is 144. The summed E-state index contributed by atoms with van der Waals surface area (Å²) in [7, 11) is 0. The van der Waals surface area contributed by atoms with Crippen LogP contribution in [0.1, 0.15) is 0 Å². The maximum Gasteiger partial charge on any atom is 0.0691 e. The Hall–Kier alpha value is -0.830. The fraction of sp³-hybridized carbons (Fsp3) is 0. The van der Waals surface area contributed by atoms with Crippen molar-refractivity contribution in [2.75, 3.05) is 0 Å². The quantitative estimate of drug-likeness (QED) is 0.530. The molecule has 0 radical (unpaired) electrons. The number of hydrogen-bond donors (Lipinski definition) is 2. The van der Waals surface area contributed by atoms with Gasteiger partial charge in [0.05, 0.1) is 5.03 Å². The highest BCUT2D eigenvalue weighted by Gasteiger charge is 1.86. The van der Waals surface area contributed by atoms with E-state index in [1.165, 1.54) is 0 Å². The molecule has 0 aliphatic carbocycles. The highest BCUT2D eigenvalue weighted by Crippen LogP contribution is 2.10. The molecular formula is C6H8N2S. The van der Waals surface area contributed by atoms with Gasteiger partial charge in [-0.1, -0.05) is 18.3 Å². The molecule has 0 spiro atoms. The van der Waals surface area contributed by atoms with Crippen LogP contribution < -0.4 is 10.6 Å². The molecule has 0 fully saturated rings. The lowest BCUT2D eigenvalue weighted by molar-refractivity contribution is 1.10. The average Bonchev–Trinajstić information content (AvgIpc) is 1.79. The molecule has 3 heteroatoms. The van der Waals surface area contributed by atoms with Gasteiger partial charge < -0.3 is 10.6 Å². The van der Waals surface area contributed by atoms with Crippen LogP contribution in [-0.2, 0) is 0 Å². The minimum absolute atomic E-state index is 0.934. The van der Waals surface area contributed by atoms with E-state index in [2.05, 4.69) is 17.2 Å². The van der Waals surface area contributed by atoms with Crippen molar-refractivity contribution in [1.82, 2.24) is 10.6 Å². The molecule has 48 valence electrons. The van der Waals surface area contributed by atoms with Gasteiger partial charge in [-0.3, -0.25) is 0 Å². The van der Waals surface area contributed by atoms with E-state index in [0.29, 0.717) is 0 Å². The molecule has 0 aromatic heterocycles. The second-order valence-corrected chi connectivity index (χ2v) is 2.49. The van der Waals surface area contributed by atoms with Gasteiger partial charge in [-0.25, -0.2) is 0 Å². The molecule has 0 unspecified atom stereocenters. The molecular weight excluding hydrogens is 132 g/mol. The van der Waals surface area contributed by atoms with Gasteiger partial charge >= 0.3 is 0 Å². The molecule has 2 N–H and O–H groups in total. The zero-order chi connectivity index (χ0) is 6.53. The smallest absolute Gasteiger partial charge is 0.0691 e. The summed E-state index contributed by atoms with van der Waals surface area (Å²) in [5, 5.41) is 8.74. The van der Waals surface area contributed by atoms with Gasteiger partial charge in [0.1, 0.15) is 0 Å². The summed E-state index contributed by atoms with van der Waals surface area (Å²) in [6, 6.07) is 0. The largest absolute Gasteiger partial charge is 0.366 e. The Balaban J connectivity index is 2.50. The van der Waals surface area contributed by atoms with Crippen molar-refractivity contribution >= 4 is 11.8 Å². The van der Waals surface area contributed by atoms with Crippen LogP contribution in [0.4, 0.5) is 0 Å². The first-order chi connectivity index (χ1) is 4.39. The summed E-state index contributed by atoms with van der Waals surface area (Å²) < 4.78 is 0. The first kappa shape index (κ1) is 6.29. The zero-order valence-electron chi connectivity index (χ0n) is 4.92. The Morgan fingerprint density at radius 1 is 1.33 bits per heavy atom. The summed E-state index contributed by atoms with van der Waals surface area (Å²) in [5.41, 5.74) is 0. The van der Waals surface area contributed by atoms with Crippen molar-refractivity contribution in [2.24, 2.45) is 0 Å². The topological polar surface area (TPSA) is 24.1 Å². The van der Waals surface area contributed by atoms with Crippen LogP contribution in [0.5, 0.6) is 0 Å². The van der Waals surface area contributed by atoms with Crippen LogP contribution in [-0.4, -0.2) is 0 Å². The van der Waals surface area contributed by atoms with Gasteiger partial charge in [-0.2, -0.15) is 0 Å². The minimum atomic E-state index is 0.934. The van der Waals surface area contributed by atoms with E-state index in [4.69, 9.17) is 0 Å². The van der Waals surface area contributed by atoms with E-state index in [-0.39, 0.29) is 0 Å². The van der Waals surface area contributed by atoms with E-state index in [1.807, 2.05) is 11.6 Å². The molecule has 0 aromatic carbocycles. The predicted molar refractivity (Wildman–Crippen MR) is 41.3 cm³/mol. The summed E-state index contributed by atoms with van der Waals surface area (Å²) in [4.78, 5) is 0. The van der Waals surface area contributed by atoms with E-state index in [9.17, 15) is 0 Å². The molecule has 0 bridgehead atoms. The van der Waals surface area contributed by atoms with Crippen molar-refractivity contribution in [3.05, 3.63) is 35.6 Å². The molecule has 9 heavy (non-hydrogen) atoms. The molecule has 1 rings (SSSR count). The van der Waals surface area contributed by atoms with Crippen molar-refractivity contribution in [3.63, 3.8) is 0 Å². The van der Waals surface area contributed by atoms with Crippen LogP contribution in [0.25, 0.3) is 0 Å². The summed E-state index contributed by atoms with van der Waals surface area (Å²) in [6.07, 6.45) is 5.47. The monoisotopic (exact) mass is 140 g/mol. The van der Waals surface area contributed by atoms with Crippen molar-refractivity contribution < 1.29 is 0 Å². The molecule has 1 aliphatic rings. The summed E-state index contributed by atoms with van der Waals surface area (Å²) in [5.74, 6) is 0. The molecule has 0 atom stereocenters. The summed E-state index contributed by atoms with van der Waals surface area (Å²) >= 11 is 1.55. The molecule has 0 saturated heterocycles. The highest BCUT2D eigenvalue weighted by molar-refractivity contribution is 8.05. The maximum atomic E-state index is 3.74. The molecule has 1 heterocycles. The van der Waals surface area contributed by atoms with Crippen LogP contribution in [0, 0.1) is 0 Å². The number of rotatable bonds is 0. The van der Waals surface area contributed by atoms with E-state index in [1.54, 1.807) is 24.2 Å². The van der Waals surface area contributed by atoms with Gasteiger partial charge in [0.25, 0.3) is 0 Å². The number of nitrogens with one attached hydrogen (secondary N) is 2. The van der Waals surface area contributed by atoms with Crippen LogP contribution in [0.2, 0.25) is 0 Å². The van der Waals surface area contributed by atoms with Crippen molar-refractivity contribution in [3.8, 4) is 0 Å². The lowest BCUT2D eigenvalue weighted by Gasteiger charge is -2.02. The Morgan fingerprint density at radius 2 is 2.22 bits per heavy atom. The Labute approximate surface area is 58.7 Å². The van der Waals surface area contributed by atoms with Crippen molar-refractivity contribution in [2.45, 2.75) is 0 Å². The highest BCUT2D eigenvalue weighted by atomic mass is 32.2. The predicted octanol–water partition coefficient (Wildman–Crippen LogP) is 1.33. The third-order valence-electron chi connectivity index (χ3n) is 0.798. The van der Waals surface area contributed by atoms with Gasteiger partial charge in [0.2, 0.25) is 0 Å². The van der Waals surface area contributed by atoms with Crippen LogP contribution in [0.15, 0.2) is 35.6 Å². The molecule has 2 nitrogen and oxygen atoms in total. The van der Waals surface area contributed by atoms with Gasteiger partial charge in [-0.15, -0.1) is 0 Å². The fourth-order valence-electron chi connectivity index (χ4n) is 0.428. The molecule has 0 aromatic rings. The van der Waals surface area contributed by atoms with Gasteiger partial charge in [0.15, 0.2) is 0 Å². The summed E-state index contributed by atoms with van der Waals surface area (Å²) in [6.45, 7) is 3.74. The standard InChI is InChI=1S/C6H8N2S/c1-6-8-3-2-7-4-5-9-6/h2-5,7-8H,1H2/b3-2-,5-4-. The normalized spacial score (nSPS) is 24.7. The molecule has 0 amide bonds. The van der Waals surface area contributed by atoms with Crippen LogP contribution >= 0.6 is 11.8 Å². The minimum Gasteiger partial charge on any atom is -0.366 e. The fourth-order valence-corrected chi connectivity index (χ4v) is 0.875. The molecule has 1 aliphatic heterocycles. The van der Waals surface area contributed by atoms with E-state index < -0.39 is 0 Å². The average molecular weight is 140 g/mol.